The molecule has 0 fully saturated rings. The largest absolute Gasteiger partial charge is 0.475 e. The van der Waals surface area contributed by atoms with Gasteiger partial charge in [0.2, 0.25) is 5.90 Å². The number of rotatable bonds is 4. The quantitative estimate of drug-likeness (QED) is 0.519. The standard InChI is InChI=1S/C28H32NOP/c1-27(2,3)24-20-30-26(29-24)23-16-10-18-28(23)19-11-17-25(28)31(21-12-6-4-7-13-21)22-14-8-5-9-15-22/h4-9,12-17,24H,10-11,18-20H2,1-3H3/t24-,28-/m0/s1. The van der Waals surface area contributed by atoms with Gasteiger partial charge in [-0.05, 0) is 54.9 Å². The van der Waals surface area contributed by atoms with Crippen molar-refractivity contribution in [3.05, 3.63) is 83.7 Å². The molecule has 2 aromatic carbocycles. The summed E-state index contributed by atoms with van der Waals surface area (Å²) in [7, 11) is -0.576. The van der Waals surface area contributed by atoms with Crippen LogP contribution in [-0.2, 0) is 4.74 Å². The molecule has 0 aromatic heterocycles. The first-order chi connectivity index (χ1) is 15.0. The van der Waals surface area contributed by atoms with Crippen LogP contribution >= 0.6 is 7.92 Å². The molecule has 1 spiro atoms. The molecule has 3 heteroatoms. The van der Waals surface area contributed by atoms with Gasteiger partial charge in [-0.15, -0.1) is 0 Å². The van der Waals surface area contributed by atoms with E-state index in [9.17, 15) is 0 Å². The second kappa shape index (κ2) is 8.06. The summed E-state index contributed by atoms with van der Waals surface area (Å²) < 4.78 is 6.26. The Labute approximate surface area is 187 Å². The van der Waals surface area contributed by atoms with Gasteiger partial charge >= 0.3 is 0 Å². The molecule has 2 aliphatic carbocycles. The van der Waals surface area contributed by atoms with E-state index in [1.807, 2.05) is 0 Å². The topological polar surface area (TPSA) is 21.6 Å². The Morgan fingerprint density at radius 3 is 2.00 bits per heavy atom. The molecule has 2 aromatic rings. The first kappa shape index (κ1) is 20.7. The first-order valence-corrected chi connectivity index (χ1v) is 12.9. The number of benzene rings is 2. The second-order valence-electron chi connectivity index (χ2n) is 10.0. The molecule has 3 aliphatic rings. The average molecular weight is 430 g/mol. The van der Waals surface area contributed by atoms with Gasteiger partial charge in [0.05, 0.1) is 6.04 Å². The van der Waals surface area contributed by atoms with Gasteiger partial charge in [0.1, 0.15) is 6.61 Å². The van der Waals surface area contributed by atoms with E-state index < -0.39 is 7.92 Å². The molecule has 0 amide bonds. The van der Waals surface area contributed by atoms with Gasteiger partial charge in [-0.3, -0.25) is 0 Å². The predicted molar refractivity (Wildman–Crippen MR) is 133 cm³/mol. The zero-order valence-corrected chi connectivity index (χ0v) is 19.7. The molecule has 0 saturated carbocycles. The van der Waals surface area contributed by atoms with E-state index in [1.54, 1.807) is 5.31 Å². The maximum absolute atomic E-state index is 6.26. The molecular weight excluding hydrogens is 397 g/mol. The van der Waals surface area contributed by atoms with Gasteiger partial charge in [-0.1, -0.05) is 93.6 Å². The van der Waals surface area contributed by atoms with Crippen LogP contribution in [-0.4, -0.2) is 18.5 Å². The van der Waals surface area contributed by atoms with E-state index in [-0.39, 0.29) is 16.9 Å². The van der Waals surface area contributed by atoms with E-state index in [0.717, 1.165) is 18.7 Å². The monoisotopic (exact) mass is 429 g/mol. The molecular formula is C28H32NOP. The average Bonchev–Trinajstić information content (AvgIpc) is 3.51. The summed E-state index contributed by atoms with van der Waals surface area (Å²) >= 11 is 0. The number of hydrogen-bond donors (Lipinski definition) is 0. The highest BCUT2D eigenvalue weighted by Crippen LogP contribution is 2.63. The molecule has 31 heavy (non-hydrogen) atoms. The lowest BCUT2D eigenvalue weighted by Gasteiger charge is -2.36. The van der Waals surface area contributed by atoms with Crippen molar-refractivity contribution in [2.75, 3.05) is 6.61 Å². The molecule has 0 N–H and O–H groups in total. The van der Waals surface area contributed by atoms with Crippen LogP contribution in [0.4, 0.5) is 0 Å². The summed E-state index contributed by atoms with van der Waals surface area (Å²) in [5, 5.41) is 4.47. The van der Waals surface area contributed by atoms with Crippen LogP contribution in [0.15, 0.2) is 88.7 Å². The maximum Gasteiger partial charge on any atom is 0.212 e. The zero-order valence-electron chi connectivity index (χ0n) is 18.8. The van der Waals surface area contributed by atoms with E-state index in [2.05, 4.69) is 93.6 Å². The molecule has 0 unspecified atom stereocenters. The minimum absolute atomic E-state index is 0.0724. The fraction of sp³-hybridized carbons (Fsp3) is 0.393. The third-order valence-corrected chi connectivity index (χ3v) is 9.71. The molecule has 160 valence electrons. The van der Waals surface area contributed by atoms with Crippen molar-refractivity contribution in [2.45, 2.75) is 52.5 Å². The van der Waals surface area contributed by atoms with Crippen molar-refractivity contribution in [1.29, 1.82) is 0 Å². The van der Waals surface area contributed by atoms with Crippen LogP contribution in [0.3, 0.4) is 0 Å². The SMILES string of the molecule is CC(C)(C)[C@@H]1COC(C2=CCC[C@]23CCC=C3P(c2ccccc2)c2ccccc2)=N1. The van der Waals surface area contributed by atoms with Crippen LogP contribution in [0, 0.1) is 10.8 Å². The summed E-state index contributed by atoms with van der Waals surface area (Å²) in [5.74, 6) is 0.918. The van der Waals surface area contributed by atoms with E-state index in [0.29, 0.717) is 6.61 Å². The van der Waals surface area contributed by atoms with Crippen LogP contribution in [0.2, 0.25) is 0 Å². The molecule has 0 bridgehead atoms. The highest BCUT2D eigenvalue weighted by Gasteiger charge is 2.49. The van der Waals surface area contributed by atoms with Crippen molar-refractivity contribution >= 4 is 24.4 Å². The second-order valence-corrected chi connectivity index (χ2v) is 12.2. The third-order valence-electron chi connectivity index (χ3n) is 6.99. The van der Waals surface area contributed by atoms with Crippen molar-refractivity contribution in [2.24, 2.45) is 15.8 Å². The lowest BCUT2D eigenvalue weighted by atomic mass is 9.80. The molecule has 5 rings (SSSR count). The summed E-state index contributed by atoms with van der Waals surface area (Å²) in [4.78, 5) is 5.11. The Bertz CT molecular complexity index is 988. The van der Waals surface area contributed by atoms with E-state index in [4.69, 9.17) is 9.73 Å². The molecule has 0 saturated heterocycles. The maximum atomic E-state index is 6.26. The fourth-order valence-corrected chi connectivity index (χ4v) is 8.12. The Balaban J connectivity index is 1.57. The van der Waals surface area contributed by atoms with Gasteiger partial charge < -0.3 is 4.74 Å². The minimum atomic E-state index is -0.576. The number of aliphatic imine (C=N–C) groups is 1. The summed E-state index contributed by atoms with van der Waals surface area (Å²) in [5.41, 5.74) is 1.56. The van der Waals surface area contributed by atoms with Crippen LogP contribution in [0.25, 0.3) is 0 Å². The molecule has 2 nitrogen and oxygen atoms in total. The molecule has 0 radical (unpaired) electrons. The van der Waals surface area contributed by atoms with Gasteiger partial charge in [-0.25, -0.2) is 4.99 Å². The Kier molecular flexibility index (Phi) is 5.39. The summed E-state index contributed by atoms with van der Waals surface area (Å²) in [6, 6.07) is 22.4. The minimum Gasteiger partial charge on any atom is -0.475 e. The predicted octanol–water partition coefficient (Wildman–Crippen LogP) is 6.35. The zero-order chi connectivity index (χ0) is 21.5. The van der Waals surface area contributed by atoms with Crippen molar-refractivity contribution in [3.8, 4) is 0 Å². The Hall–Kier alpha value is -2.18. The molecule has 1 heterocycles. The van der Waals surface area contributed by atoms with Crippen molar-refractivity contribution < 1.29 is 4.74 Å². The van der Waals surface area contributed by atoms with E-state index >= 15 is 0 Å². The summed E-state index contributed by atoms with van der Waals surface area (Å²) in [6.45, 7) is 7.49. The summed E-state index contributed by atoms with van der Waals surface area (Å²) in [6.07, 6.45) is 9.57. The van der Waals surface area contributed by atoms with Crippen LogP contribution in [0.5, 0.6) is 0 Å². The Morgan fingerprint density at radius 1 is 0.871 bits per heavy atom. The highest BCUT2D eigenvalue weighted by molar-refractivity contribution is 7.76. The van der Waals surface area contributed by atoms with Gasteiger partial charge in [0.25, 0.3) is 0 Å². The normalized spacial score (nSPS) is 25.5. The van der Waals surface area contributed by atoms with Gasteiger partial charge in [0, 0.05) is 11.0 Å². The smallest absolute Gasteiger partial charge is 0.212 e. The highest BCUT2D eigenvalue weighted by atomic mass is 31.1. The number of hydrogen-bond acceptors (Lipinski definition) is 2. The van der Waals surface area contributed by atoms with Crippen molar-refractivity contribution in [1.82, 2.24) is 0 Å². The number of ether oxygens (including phenoxy) is 1. The van der Waals surface area contributed by atoms with Crippen LogP contribution in [0.1, 0.15) is 46.5 Å². The molecule has 1 aliphatic heterocycles. The van der Waals surface area contributed by atoms with Gasteiger partial charge in [0.15, 0.2) is 0 Å². The first-order valence-electron chi connectivity index (χ1n) is 11.5. The third kappa shape index (κ3) is 3.70. The number of allylic oxidation sites excluding steroid dienone is 3. The lowest BCUT2D eigenvalue weighted by molar-refractivity contribution is 0.234. The fourth-order valence-electron chi connectivity index (χ4n) is 5.24. The van der Waals surface area contributed by atoms with Crippen molar-refractivity contribution in [3.63, 3.8) is 0 Å². The molecule has 2 atom stereocenters. The Morgan fingerprint density at radius 2 is 1.45 bits per heavy atom. The number of nitrogens with zero attached hydrogens (tertiary/aromatic N) is 1. The lowest BCUT2D eigenvalue weighted by Crippen LogP contribution is -2.28. The van der Waals surface area contributed by atoms with Crippen LogP contribution < -0.4 is 10.6 Å². The van der Waals surface area contributed by atoms with Gasteiger partial charge in [-0.2, -0.15) is 0 Å². The van der Waals surface area contributed by atoms with E-state index in [1.165, 1.54) is 29.0 Å².